The van der Waals surface area contributed by atoms with E-state index in [1.54, 1.807) is 12.3 Å². The van der Waals surface area contributed by atoms with E-state index in [0.717, 1.165) is 10.9 Å². The van der Waals surface area contributed by atoms with Gasteiger partial charge in [-0.3, -0.25) is 4.98 Å². The van der Waals surface area contributed by atoms with Crippen molar-refractivity contribution >= 4 is 25.8 Å². The van der Waals surface area contributed by atoms with Gasteiger partial charge in [-0.2, -0.15) is 0 Å². The summed E-state index contributed by atoms with van der Waals surface area (Å²) >= 11 is 3.29. The third-order valence-electron chi connectivity index (χ3n) is 3.26. The van der Waals surface area contributed by atoms with Crippen molar-refractivity contribution in [1.82, 2.24) is 4.98 Å². The lowest BCUT2D eigenvalue weighted by atomic mass is 10.0. The van der Waals surface area contributed by atoms with Crippen molar-refractivity contribution in [2.75, 3.05) is 5.75 Å². The molecule has 1 saturated heterocycles. The molecule has 4 nitrogen and oxygen atoms in total. The van der Waals surface area contributed by atoms with E-state index in [1.165, 1.54) is 0 Å². The van der Waals surface area contributed by atoms with E-state index in [-0.39, 0.29) is 12.2 Å². The number of pyridine rings is 1. The summed E-state index contributed by atoms with van der Waals surface area (Å²) in [7, 11) is -3.14. The van der Waals surface area contributed by atoms with Crippen LogP contribution in [-0.2, 0) is 16.3 Å². The molecule has 6 heteroatoms. The Balaban J connectivity index is 2.07. The molecule has 0 radical (unpaired) electrons. The fourth-order valence-electron chi connectivity index (χ4n) is 2.28. The van der Waals surface area contributed by atoms with Crippen molar-refractivity contribution in [2.45, 2.75) is 37.0 Å². The van der Waals surface area contributed by atoms with E-state index in [1.807, 2.05) is 6.07 Å². The van der Waals surface area contributed by atoms with E-state index in [2.05, 4.69) is 20.9 Å². The largest absolute Gasteiger partial charge is 0.391 e. The minimum absolute atomic E-state index is 0.197. The van der Waals surface area contributed by atoms with Crippen LogP contribution < -0.4 is 0 Å². The van der Waals surface area contributed by atoms with Gasteiger partial charge in [0.15, 0.2) is 9.84 Å². The molecule has 0 aromatic carbocycles. The maximum atomic E-state index is 11.9. The van der Waals surface area contributed by atoms with Gasteiger partial charge in [-0.05, 0) is 40.9 Å². The molecule has 0 amide bonds. The van der Waals surface area contributed by atoms with Crippen LogP contribution in [0.15, 0.2) is 22.8 Å². The second-order valence-corrected chi connectivity index (χ2v) is 7.90. The Hall–Kier alpha value is -0.460. The quantitative estimate of drug-likeness (QED) is 0.914. The molecule has 0 saturated carbocycles. The molecular formula is C12H16BrNO3S. The Morgan fingerprint density at radius 3 is 2.83 bits per heavy atom. The van der Waals surface area contributed by atoms with Crippen LogP contribution in [0.4, 0.5) is 0 Å². The first-order valence-corrected chi connectivity index (χ1v) is 8.50. The number of halogens is 1. The van der Waals surface area contributed by atoms with Crippen LogP contribution >= 0.6 is 15.9 Å². The second kappa shape index (κ2) is 5.67. The molecule has 18 heavy (non-hydrogen) atoms. The first-order chi connectivity index (χ1) is 8.49. The van der Waals surface area contributed by atoms with E-state index in [9.17, 15) is 13.5 Å². The molecule has 1 fully saturated rings. The van der Waals surface area contributed by atoms with E-state index in [4.69, 9.17) is 0 Å². The van der Waals surface area contributed by atoms with Crippen molar-refractivity contribution < 1.29 is 13.5 Å². The van der Waals surface area contributed by atoms with Gasteiger partial charge in [0.2, 0.25) is 0 Å². The maximum Gasteiger partial charge on any atom is 0.155 e. The Labute approximate surface area is 115 Å². The summed E-state index contributed by atoms with van der Waals surface area (Å²) in [6.45, 7) is 0. The van der Waals surface area contributed by atoms with Crippen LogP contribution in [-0.4, -0.2) is 35.6 Å². The van der Waals surface area contributed by atoms with Gasteiger partial charge < -0.3 is 5.11 Å². The number of aromatic nitrogens is 1. The van der Waals surface area contributed by atoms with Crippen LogP contribution in [0.3, 0.4) is 0 Å². The summed E-state index contributed by atoms with van der Waals surface area (Å²) in [5, 5.41) is 9.47. The fraction of sp³-hybridized carbons (Fsp3) is 0.583. The summed E-state index contributed by atoms with van der Waals surface area (Å²) in [6.07, 6.45) is 3.22. The molecule has 0 bridgehead atoms. The van der Waals surface area contributed by atoms with Crippen LogP contribution in [0.1, 0.15) is 25.0 Å². The monoisotopic (exact) mass is 333 g/mol. The molecule has 1 aliphatic rings. The SMILES string of the molecule is O=S1(=O)CCCCC1C(O)Cc1ccc(Br)cn1. The molecule has 1 N–H and O–H groups in total. The molecule has 1 aliphatic heterocycles. The number of rotatable bonds is 3. The maximum absolute atomic E-state index is 11.9. The summed E-state index contributed by atoms with van der Waals surface area (Å²) < 4.78 is 24.6. The van der Waals surface area contributed by atoms with Gasteiger partial charge in [-0.15, -0.1) is 0 Å². The highest BCUT2D eigenvalue weighted by Crippen LogP contribution is 2.24. The van der Waals surface area contributed by atoms with Gasteiger partial charge in [0, 0.05) is 22.8 Å². The van der Waals surface area contributed by atoms with Gasteiger partial charge in [-0.1, -0.05) is 6.42 Å². The lowest BCUT2D eigenvalue weighted by Gasteiger charge is -2.26. The van der Waals surface area contributed by atoms with Crippen molar-refractivity contribution in [3.05, 3.63) is 28.5 Å². The molecule has 0 aliphatic carbocycles. The number of aliphatic hydroxyl groups excluding tert-OH is 1. The summed E-state index contributed by atoms with van der Waals surface area (Å²) in [5.41, 5.74) is 0.714. The molecule has 1 aromatic rings. The minimum Gasteiger partial charge on any atom is -0.391 e. The summed E-state index contributed by atoms with van der Waals surface area (Å²) in [6, 6.07) is 3.63. The minimum atomic E-state index is -3.14. The van der Waals surface area contributed by atoms with Gasteiger partial charge in [0.05, 0.1) is 17.1 Å². The first kappa shape index (κ1) is 14.0. The molecule has 2 atom stereocenters. The Morgan fingerprint density at radius 2 is 2.22 bits per heavy atom. The Bertz CT molecular complexity index is 501. The topological polar surface area (TPSA) is 67.3 Å². The van der Waals surface area contributed by atoms with Crippen LogP contribution in [0, 0.1) is 0 Å². The molecule has 2 rings (SSSR count). The van der Waals surface area contributed by atoms with Gasteiger partial charge >= 0.3 is 0 Å². The van der Waals surface area contributed by atoms with Gasteiger partial charge in [0.25, 0.3) is 0 Å². The highest BCUT2D eigenvalue weighted by atomic mass is 79.9. The number of aliphatic hydroxyl groups is 1. The van der Waals surface area contributed by atoms with E-state index >= 15 is 0 Å². The highest BCUT2D eigenvalue weighted by Gasteiger charge is 2.34. The Kier molecular flexibility index (Phi) is 4.40. The smallest absolute Gasteiger partial charge is 0.155 e. The number of hydrogen-bond acceptors (Lipinski definition) is 4. The van der Waals surface area contributed by atoms with Gasteiger partial charge in [0.1, 0.15) is 0 Å². The molecule has 100 valence electrons. The van der Waals surface area contributed by atoms with E-state index < -0.39 is 21.2 Å². The van der Waals surface area contributed by atoms with Crippen LogP contribution in [0.5, 0.6) is 0 Å². The summed E-state index contributed by atoms with van der Waals surface area (Å²) in [5.74, 6) is 0.197. The lowest BCUT2D eigenvalue weighted by Crippen LogP contribution is -2.39. The van der Waals surface area contributed by atoms with Gasteiger partial charge in [-0.25, -0.2) is 8.42 Å². The zero-order chi connectivity index (χ0) is 13.2. The number of hydrogen-bond donors (Lipinski definition) is 1. The normalized spacial score (nSPS) is 24.7. The zero-order valence-electron chi connectivity index (χ0n) is 9.92. The molecule has 2 heterocycles. The third kappa shape index (κ3) is 3.30. The van der Waals surface area contributed by atoms with Crippen molar-refractivity contribution in [3.8, 4) is 0 Å². The third-order valence-corrected chi connectivity index (χ3v) is 6.06. The predicted molar refractivity (Wildman–Crippen MR) is 73.1 cm³/mol. The highest BCUT2D eigenvalue weighted by molar-refractivity contribution is 9.10. The molecule has 2 unspecified atom stereocenters. The molecule has 1 aromatic heterocycles. The standard InChI is InChI=1S/C12H16BrNO3S/c13-9-4-5-10(14-8-9)7-11(15)12-3-1-2-6-18(12,16)17/h4-5,8,11-12,15H,1-3,6-7H2. The van der Waals surface area contributed by atoms with E-state index in [0.29, 0.717) is 18.5 Å². The zero-order valence-corrected chi connectivity index (χ0v) is 12.3. The molecular weight excluding hydrogens is 318 g/mol. The molecule has 0 spiro atoms. The fourth-order valence-corrected chi connectivity index (χ4v) is 4.53. The Morgan fingerprint density at radius 1 is 1.44 bits per heavy atom. The predicted octanol–water partition coefficient (Wildman–Crippen LogP) is 1.71. The average molecular weight is 334 g/mol. The summed E-state index contributed by atoms with van der Waals surface area (Å²) in [4.78, 5) is 4.16. The lowest BCUT2D eigenvalue weighted by molar-refractivity contribution is 0.161. The van der Waals surface area contributed by atoms with Crippen molar-refractivity contribution in [1.29, 1.82) is 0 Å². The average Bonchev–Trinajstić information content (AvgIpc) is 2.31. The number of nitrogens with zero attached hydrogens (tertiary/aromatic N) is 1. The number of sulfone groups is 1. The van der Waals surface area contributed by atoms with Crippen LogP contribution in [0.2, 0.25) is 0 Å². The van der Waals surface area contributed by atoms with Crippen molar-refractivity contribution in [3.63, 3.8) is 0 Å². The van der Waals surface area contributed by atoms with Crippen LogP contribution in [0.25, 0.3) is 0 Å². The van der Waals surface area contributed by atoms with Crippen molar-refractivity contribution in [2.24, 2.45) is 0 Å². The second-order valence-electron chi connectivity index (χ2n) is 4.64. The first-order valence-electron chi connectivity index (χ1n) is 5.99.